The van der Waals surface area contributed by atoms with Crippen molar-refractivity contribution in [2.75, 3.05) is 4.72 Å². The van der Waals surface area contributed by atoms with Gasteiger partial charge in [-0.2, -0.15) is 8.78 Å². The normalized spacial score (nSPS) is 11.3. The molecule has 0 atom stereocenters. The smallest absolute Gasteiger partial charge is 0.387 e. The van der Waals surface area contributed by atoms with Crippen LogP contribution < -0.4 is 9.46 Å². The maximum absolute atomic E-state index is 12.4. The lowest BCUT2D eigenvalue weighted by Gasteiger charge is -2.13. The molecule has 0 saturated heterocycles. The van der Waals surface area contributed by atoms with E-state index in [1.54, 1.807) is 0 Å². The number of rotatable bonds is 6. The fourth-order valence-electron chi connectivity index (χ4n) is 1.81. The van der Waals surface area contributed by atoms with Gasteiger partial charge in [0.1, 0.15) is 17.1 Å². The summed E-state index contributed by atoms with van der Waals surface area (Å²) in [5, 5.41) is 18.3. The summed E-state index contributed by atoms with van der Waals surface area (Å²) in [5.41, 5.74) is -0.863. The topological polar surface area (TPSA) is 113 Å². The Bertz CT molecular complexity index is 869. The number of nitrogens with one attached hydrogen (secondary N) is 1. The molecule has 2 rings (SSSR count). The Morgan fingerprint density at radius 2 is 1.83 bits per heavy atom. The average Bonchev–Trinajstić information content (AvgIpc) is 2.48. The number of hydrogen-bond acceptors (Lipinski definition) is 5. The monoisotopic (exact) mass is 359 g/mol. The summed E-state index contributed by atoms with van der Waals surface area (Å²) in [6.45, 7) is -3.15. The summed E-state index contributed by atoms with van der Waals surface area (Å²) in [6.07, 6.45) is 0. The van der Waals surface area contributed by atoms with Crippen molar-refractivity contribution in [3.05, 3.63) is 48.0 Å². The zero-order valence-corrected chi connectivity index (χ0v) is 12.6. The van der Waals surface area contributed by atoms with Gasteiger partial charge >= 0.3 is 12.6 Å². The first-order valence-electron chi connectivity index (χ1n) is 6.33. The van der Waals surface area contributed by atoms with Crippen molar-refractivity contribution < 1.29 is 36.9 Å². The molecule has 0 aliphatic heterocycles. The predicted octanol–water partition coefficient (Wildman–Crippen LogP) is 2.49. The van der Waals surface area contributed by atoms with Gasteiger partial charge in [0.25, 0.3) is 10.0 Å². The molecule has 0 aliphatic rings. The van der Waals surface area contributed by atoms with Crippen LogP contribution in [0.15, 0.2) is 47.4 Å². The van der Waals surface area contributed by atoms with E-state index >= 15 is 0 Å². The Balaban J connectivity index is 2.40. The van der Waals surface area contributed by atoms with Crippen LogP contribution >= 0.6 is 0 Å². The van der Waals surface area contributed by atoms with E-state index in [-0.39, 0.29) is 5.69 Å². The van der Waals surface area contributed by atoms with Gasteiger partial charge in [0.15, 0.2) is 0 Å². The number of phenols is 1. The fourth-order valence-corrected chi connectivity index (χ4v) is 2.90. The number of para-hydroxylation sites is 2. The van der Waals surface area contributed by atoms with Gasteiger partial charge in [-0.25, -0.2) is 13.2 Å². The van der Waals surface area contributed by atoms with Crippen molar-refractivity contribution >= 4 is 21.7 Å². The van der Waals surface area contributed by atoms with Crippen molar-refractivity contribution in [3.8, 4) is 11.5 Å². The number of anilines is 1. The van der Waals surface area contributed by atoms with Crippen LogP contribution in [0, 0.1) is 0 Å². The Labute approximate surface area is 135 Å². The first-order chi connectivity index (χ1) is 11.2. The van der Waals surface area contributed by atoms with Crippen LogP contribution in [0.3, 0.4) is 0 Å². The zero-order chi connectivity index (χ0) is 17.9. The number of alkyl halides is 2. The predicted molar refractivity (Wildman–Crippen MR) is 78.9 cm³/mol. The van der Waals surface area contributed by atoms with E-state index in [1.807, 2.05) is 4.72 Å². The van der Waals surface area contributed by atoms with Gasteiger partial charge < -0.3 is 14.9 Å². The van der Waals surface area contributed by atoms with E-state index in [0.29, 0.717) is 0 Å². The standard InChI is InChI=1S/C14H11F2NO6S/c15-14(16)23-12-4-2-1-3-10(12)17-24(21,22)8-5-6-11(18)9(7-8)13(19)20/h1-7,14,17-18H,(H,19,20). The van der Waals surface area contributed by atoms with E-state index in [4.69, 9.17) is 5.11 Å². The molecule has 0 amide bonds. The Morgan fingerprint density at radius 1 is 1.17 bits per heavy atom. The molecule has 2 aromatic carbocycles. The van der Waals surface area contributed by atoms with Crippen LogP contribution in [-0.2, 0) is 10.0 Å². The molecule has 7 nitrogen and oxygen atoms in total. The van der Waals surface area contributed by atoms with E-state index in [2.05, 4.69) is 4.74 Å². The number of halogens is 2. The van der Waals surface area contributed by atoms with Crippen LogP contribution in [0.25, 0.3) is 0 Å². The summed E-state index contributed by atoms with van der Waals surface area (Å²) in [7, 11) is -4.29. The second-order valence-corrected chi connectivity index (χ2v) is 6.15. The lowest BCUT2D eigenvalue weighted by Crippen LogP contribution is -2.15. The van der Waals surface area contributed by atoms with Gasteiger partial charge in [0.05, 0.1) is 10.6 Å². The molecule has 0 heterocycles. The van der Waals surface area contributed by atoms with Crippen LogP contribution in [-0.4, -0.2) is 31.2 Å². The summed E-state index contributed by atoms with van der Waals surface area (Å²) < 4.78 is 55.5. The van der Waals surface area contributed by atoms with Gasteiger partial charge in [-0.05, 0) is 30.3 Å². The van der Waals surface area contributed by atoms with Crippen molar-refractivity contribution in [2.45, 2.75) is 11.5 Å². The number of carboxylic acid groups (broad SMARTS) is 1. The van der Waals surface area contributed by atoms with Crippen LogP contribution in [0.1, 0.15) is 10.4 Å². The fraction of sp³-hybridized carbons (Fsp3) is 0.0714. The van der Waals surface area contributed by atoms with Gasteiger partial charge in [-0.1, -0.05) is 12.1 Å². The summed E-state index contributed by atoms with van der Waals surface area (Å²) >= 11 is 0. The summed E-state index contributed by atoms with van der Waals surface area (Å²) in [6, 6.07) is 7.74. The Morgan fingerprint density at radius 3 is 2.46 bits per heavy atom. The highest BCUT2D eigenvalue weighted by Gasteiger charge is 2.21. The molecule has 24 heavy (non-hydrogen) atoms. The maximum Gasteiger partial charge on any atom is 0.387 e. The molecule has 0 unspecified atom stereocenters. The SMILES string of the molecule is O=C(O)c1cc(S(=O)(=O)Nc2ccccc2OC(F)F)ccc1O. The Kier molecular flexibility index (Phi) is 4.88. The molecular formula is C14H11F2NO6S. The molecule has 0 saturated carbocycles. The number of benzene rings is 2. The number of sulfonamides is 1. The Hall–Kier alpha value is -2.88. The number of hydrogen-bond donors (Lipinski definition) is 3. The average molecular weight is 359 g/mol. The summed E-state index contributed by atoms with van der Waals surface area (Å²) in [5.74, 6) is -2.53. The molecule has 3 N–H and O–H groups in total. The van der Waals surface area contributed by atoms with E-state index in [0.717, 1.165) is 24.3 Å². The minimum absolute atomic E-state index is 0.247. The van der Waals surface area contributed by atoms with E-state index in [9.17, 15) is 27.1 Å². The van der Waals surface area contributed by atoms with Crippen LogP contribution in [0.5, 0.6) is 11.5 Å². The highest BCUT2D eigenvalue weighted by atomic mass is 32.2. The van der Waals surface area contributed by atoms with Gasteiger partial charge in [-0.15, -0.1) is 0 Å². The van der Waals surface area contributed by atoms with Crippen molar-refractivity contribution in [1.29, 1.82) is 0 Å². The van der Waals surface area contributed by atoms with Crippen LogP contribution in [0.2, 0.25) is 0 Å². The lowest BCUT2D eigenvalue weighted by atomic mass is 10.2. The molecule has 0 radical (unpaired) electrons. The van der Waals surface area contributed by atoms with Crippen LogP contribution in [0.4, 0.5) is 14.5 Å². The number of carbonyl (C=O) groups is 1. The highest BCUT2D eigenvalue weighted by Crippen LogP contribution is 2.29. The van der Waals surface area contributed by atoms with Gasteiger partial charge in [0, 0.05) is 0 Å². The van der Waals surface area contributed by atoms with Crippen molar-refractivity contribution in [1.82, 2.24) is 0 Å². The first-order valence-corrected chi connectivity index (χ1v) is 7.82. The third-order valence-electron chi connectivity index (χ3n) is 2.86. The lowest BCUT2D eigenvalue weighted by molar-refractivity contribution is -0.0493. The first kappa shape index (κ1) is 17.5. The number of ether oxygens (including phenoxy) is 1. The maximum atomic E-state index is 12.4. The minimum atomic E-state index is -4.29. The molecular weight excluding hydrogens is 348 g/mol. The third-order valence-corrected chi connectivity index (χ3v) is 4.22. The largest absolute Gasteiger partial charge is 0.507 e. The van der Waals surface area contributed by atoms with Gasteiger partial charge in [0.2, 0.25) is 0 Å². The van der Waals surface area contributed by atoms with Gasteiger partial charge in [-0.3, -0.25) is 4.72 Å². The molecule has 0 bridgehead atoms. The molecule has 0 fully saturated rings. The molecule has 2 aromatic rings. The van der Waals surface area contributed by atoms with E-state index in [1.165, 1.54) is 18.2 Å². The molecule has 0 aliphatic carbocycles. The third kappa shape index (κ3) is 3.90. The number of carboxylic acids is 1. The van der Waals surface area contributed by atoms with Crippen molar-refractivity contribution in [3.63, 3.8) is 0 Å². The second-order valence-electron chi connectivity index (χ2n) is 4.46. The van der Waals surface area contributed by atoms with E-state index < -0.39 is 44.6 Å². The number of aromatic hydroxyl groups is 1. The molecule has 0 aromatic heterocycles. The van der Waals surface area contributed by atoms with Crippen molar-refractivity contribution in [2.24, 2.45) is 0 Å². The molecule has 10 heteroatoms. The minimum Gasteiger partial charge on any atom is -0.507 e. The quantitative estimate of drug-likeness (QED) is 0.730. The molecule has 128 valence electrons. The second kappa shape index (κ2) is 6.71. The number of aromatic carboxylic acids is 1. The summed E-state index contributed by atoms with van der Waals surface area (Å²) in [4.78, 5) is 10.5. The zero-order valence-electron chi connectivity index (χ0n) is 11.8. The highest BCUT2D eigenvalue weighted by molar-refractivity contribution is 7.92. The molecule has 0 spiro atoms.